The molecule has 0 unspecified atom stereocenters. The van der Waals surface area contributed by atoms with Crippen molar-refractivity contribution in [2.24, 2.45) is 5.92 Å². The number of methoxy groups -OCH3 is 1. The average Bonchev–Trinajstić information content (AvgIpc) is 3.05. The number of aromatic nitrogens is 2. The van der Waals surface area contributed by atoms with Crippen molar-refractivity contribution in [2.45, 2.75) is 53.0 Å². The van der Waals surface area contributed by atoms with Crippen molar-refractivity contribution in [2.75, 3.05) is 32.1 Å². The van der Waals surface area contributed by atoms with Gasteiger partial charge in [0.25, 0.3) is 0 Å². The van der Waals surface area contributed by atoms with E-state index in [0.717, 1.165) is 63.4 Å². The third-order valence-electron chi connectivity index (χ3n) is 6.00. The first-order chi connectivity index (χ1) is 14.0. The summed E-state index contributed by atoms with van der Waals surface area (Å²) in [6.07, 6.45) is 5.98. The van der Waals surface area contributed by atoms with E-state index in [4.69, 9.17) is 4.74 Å². The Morgan fingerprint density at radius 2 is 1.97 bits per heavy atom. The maximum absolute atomic E-state index is 12.6. The number of carbonyl (C=O) groups is 1. The van der Waals surface area contributed by atoms with Gasteiger partial charge >= 0.3 is 6.03 Å². The molecule has 2 amide bonds. The van der Waals surface area contributed by atoms with Crippen LogP contribution in [0.1, 0.15) is 41.9 Å². The molecule has 6 nitrogen and oxygen atoms in total. The number of aryl methyl sites for hydroxylation is 3. The van der Waals surface area contributed by atoms with E-state index in [1.165, 1.54) is 16.8 Å². The van der Waals surface area contributed by atoms with E-state index in [2.05, 4.69) is 35.6 Å². The maximum Gasteiger partial charge on any atom is 0.321 e. The molecule has 0 atom stereocenters. The van der Waals surface area contributed by atoms with Gasteiger partial charge in [-0.15, -0.1) is 0 Å². The molecule has 2 heterocycles. The van der Waals surface area contributed by atoms with E-state index in [1.54, 1.807) is 7.11 Å². The standard InChI is InChI=1S/C23H34N4O2/c1-17-6-7-21(14-18(17)2)25-23(28)26-11-8-20(9-12-26)15-22-24-16-19(3)27(22)10-5-13-29-4/h6-7,14,16,20H,5,8-13,15H2,1-4H3,(H,25,28). The number of ether oxygens (including phenoxy) is 1. The number of nitrogens with zero attached hydrogens (tertiary/aromatic N) is 3. The van der Waals surface area contributed by atoms with Crippen molar-refractivity contribution in [3.8, 4) is 0 Å². The summed E-state index contributed by atoms with van der Waals surface area (Å²) in [7, 11) is 1.74. The van der Waals surface area contributed by atoms with Gasteiger partial charge < -0.3 is 19.5 Å². The topological polar surface area (TPSA) is 59.4 Å². The number of rotatable bonds is 7. The molecule has 158 valence electrons. The molecule has 1 saturated heterocycles. The molecule has 1 fully saturated rings. The second-order valence-electron chi connectivity index (χ2n) is 8.18. The number of hydrogen-bond acceptors (Lipinski definition) is 3. The fraction of sp³-hybridized carbons (Fsp3) is 0.565. The van der Waals surface area contributed by atoms with Crippen LogP contribution < -0.4 is 5.32 Å². The van der Waals surface area contributed by atoms with Crippen LogP contribution in [0.15, 0.2) is 24.4 Å². The fourth-order valence-corrected chi connectivity index (χ4v) is 3.97. The average molecular weight is 399 g/mol. The fourth-order valence-electron chi connectivity index (χ4n) is 3.97. The minimum absolute atomic E-state index is 0.00335. The van der Waals surface area contributed by atoms with Crippen LogP contribution in [0.3, 0.4) is 0 Å². The molecule has 0 saturated carbocycles. The number of hydrogen-bond donors (Lipinski definition) is 1. The Bertz CT molecular complexity index is 822. The van der Waals surface area contributed by atoms with Gasteiger partial charge in [-0.25, -0.2) is 9.78 Å². The van der Waals surface area contributed by atoms with Gasteiger partial charge in [0.15, 0.2) is 0 Å². The molecule has 1 aliphatic rings. The van der Waals surface area contributed by atoms with E-state index in [1.807, 2.05) is 29.3 Å². The highest BCUT2D eigenvalue weighted by Gasteiger charge is 2.24. The molecule has 6 heteroatoms. The predicted molar refractivity (Wildman–Crippen MR) is 116 cm³/mol. The van der Waals surface area contributed by atoms with Crippen LogP contribution in [0.25, 0.3) is 0 Å². The first-order valence-corrected chi connectivity index (χ1v) is 10.6. The highest BCUT2D eigenvalue weighted by molar-refractivity contribution is 5.89. The van der Waals surface area contributed by atoms with Crippen LogP contribution in [0.4, 0.5) is 10.5 Å². The third-order valence-corrected chi connectivity index (χ3v) is 6.00. The SMILES string of the molecule is COCCCn1c(C)cnc1CC1CCN(C(=O)Nc2ccc(C)c(C)c2)CC1. The summed E-state index contributed by atoms with van der Waals surface area (Å²) in [4.78, 5) is 19.2. The lowest BCUT2D eigenvalue weighted by Crippen LogP contribution is -2.41. The normalized spacial score (nSPS) is 15.0. The molecule has 3 rings (SSSR count). The van der Waals surface area contributed by atoms with Crippen molar-refractivity contribution in [3.05, 3.63) is 47.0 Å². The van der Waals surface area contributed by atoms with Gasteiger partial charge in [-0.2, -0.15) is 0 Å². The largest absolute Gasteiger partial charge is 0.385 e. The first-order valence-electron chi connectivity index (χ1n) is 10.6. The number of amides is 2. The summed E-state index contributed by atoms with van der Waals surface area (Å²) < 4.78 is 7.50. The van der Waals surface area contributed by atoms with Crippen molar-refractivity contribution in [1.29, 1.82) is 0 Å². The molecule has 1 aromatic heterocycles. The Kier molecular flexibility index (Phi) is 7.31. The minimum Gasteiger partial charge on any atom is -0.385 e. The van der Waals surface area contributed by atoms with Gasteiger partial charge in [-0.3, -0.25) is 0 Å². The van der Waals surface area contributed by atoms with Crippen LogP contribution in [0, 0.1) is 26.7 Å². The maximum atomic E-state index is 12.6. The number of nitrogens with one attached hydrogen (secondary N) is 1. The van der Waals surface area contributed by atoms with Gasteiger partial charge in [0.2, 0.25) is 0 Å². The monoisotopic (exact) mass is 398 g/mol. The molecule has 0 bridgehead atoms. The Hall–Kier alpha value is -2.34. The number of imidazole rings is 1. The van der Waals surface area contributed by atoms with Gasteiger partial charge in [0.05, 0.1) is 0 Å². The van der Waals surface area contributed by atoms with Crippen molar-refractivity contribution >= 4 is 11.7 Å². The molecule has 1 aromatic carbocycles. The molecule has 2 aromatic rings. The zero-order valence-corrected chi connectivity index (χ0v) is 18.2. The van der Waals surface area contributed by atoms with E-state index in [-0.39, 0.29) is 6.03 Å². The van der Waals surface area contributed by atoms with Crippen LogP contribution in [0.5, 0.6) is 0 Å². The first kappa shape index (κ1) is 21.4. The molecular weight excluding hydrogens is 364 g/mol. The highest BCUT2D eigenvalue weighted by atomic mass is 16.5. The molecule has 0 spiro atoms. The quantitative estimate of drug-likeness (QED) is 0.706. The second kappa shape index (κ2) is 9.92. The molecular formula is C23H34N4O2. The van der Waals surface area contributed by atoms with Crippen molar-refractivity contribution in [3.63, 3.8) is 0 Å². The summed E-state index contributed by atoms with van der Waals surface area (Å²) in [6, 6.07) is 6.06. The Morgan fingerprint density at radius 1 is 1.21 bits per heavy atom. The van der Waals surface area contributed by atoms with Gasteiger partial charge in [-0.05, 0) is 69.2 Å². The van der Waals surface area contributed by atoms with Crippen LogP contribution in [0.2, 0.25) is 0 Å². The van der Waals surface area contributed by atoms with E-state index in [9.17, 15) is 4.79 Å². The third kappa shape index (κ3) is 5.60. The molecule has 29 heavy (non-hydrogen) atoms. The summed E-state index contributed by atoms with van der Waals surface area (Å²) >= 11 is 0. The lowest BCUT2D eigenvalue weighted by molar-refractivity contribution is 0.180. The number of benzene rings is 1. The Morgan fingerprint density at radius 3 is 2.66 bits per heavy atom. The smallest absolute Gasteiger partial charge is 0.321 e. The second-order valence-corrected chi connectivity index (χ2v) is 8.18. The number of anilines is 1. The zero-order chi connectivity index (χ0) is 20.8. The van der Waals surface area contributed by atoms with Crippen LogP contribution in [-0.4, -0.2) is 47.3 Å². The van der Waals surface area contributed by atoms with E-state index in [0.29, 0.717) is 5.92 Å². The Labute approximate surface area is 174 Å². The number of likely N-dealkylation sites (tertiary alicyclic amines) is 1. The summed E-state index contributed by atoms with van der Waals surface area (Å²) in [5, 5.41) is 3.04. The molecule has 1 aliphatic heterocycles. The number of urea groups is 1. The van der Waals surface area contributed by atoms with Crippen LogP contribution >= 0.6 is 0 Å². The molecule has 0 radical (unpaired) electrons. The van der Waals surface area contributed by atoms with Gasteiger partial charge in [0, 0.05) is 57.3 Å². The molecule has 0 aliphatic carbocycles. The lowest BCUT2D eigenvalue weighted by Gasteiger charge is -2.32. The highest BCUT2D eigenvalue weighted by Crippen LogP contribution is 2.23. The summed E-state index contributed by atoms with van der Waals surface area (Å²) in [5.74, 6) is 1.74. The van der Waals surface area contributed by atoms with Crippen LogP contribution in [-0.2, 0) is 17.7 Å². The number of carbonyl (C=O) groups excluding carboxylic acids is 1. The van der Waals surface area contributed by atoms with E-state index >= 15 is 0 Å². The Balaban J connectivity index is 1.50. The van der Waals surface area contributed by atoms with Crippen molar-refractivity contribution in [1.82, 2.24) is 14.5 Å². The van der Waals surface area contributed by atoms with E-state index < -0.39 is 0 Å². The van der Waals surface area contributed by atoms with Crippen molar-refractivity contribution < 1.29 is 9.53 Å². The number of piperidine rings is 1. The summed E-state index contributed by atoms with van der Waals surface area (Å²) in [5.41, 5.74) is 4.51. The molecule has 1 N–H and O–H groups in total. The predicted octanol–water partition coefficient (Wildman–Crippen LogP) is 4.33. The minimum atomic E-state index is 0.00335. The lowest BCUT2D eigenvalue weighted by atomic mass is 9.93. The van der Waals surface area contributed by atoms with Gasteiger partial charge in [0.1, 0.15) is 5.82 Å². The van der Waals surface area contributed by atoms with Gasteiger partial charge in [-0.1, -0.05) is 6.07 Å². The summed E-state index contributed by atoms with van der Waals surface area (Å²) in [6.45, 7) is 9.57. The zero-order valence-electron chi connectivity index (χ0n) is 18.2.